The Hall–Kier alpha value is -3.52. The van der Waals surface area contributed by atoms with Crippen LogP contribution in [0, 0.1) is 20.8 Å². The Labute approximate surface area is 226 Å². The monoisotopic (exact) mass is 542 g/mol. The summed E-state index contributed by atoms with van der Waals surface area (Å²) in [6.45, 7) is 12.3. The van der Waals surface area contributed by atoms with Gasteiger partial charge in [-0.2, -0.15) is 0 Å². The van der Waals surface area contributed by atoms with Crippen LogP contribution in [-0.2, 0) is 4.74 Å². The lowest BCUT2D eigenvalue weighted by molar-refractivity contribution is -0.00866. The quantitative estimate of drug-likeness (QED) is 0.381. The van der Waals surface area contributed by atoms with Gasteiger partial charge in [0.05, 0.1) is 28.3 Å². The molecule has 4 rings (SSSR count). The average molecular weight is 543 g/mol. The number of amides is 1. The van der Waals surface area contributed by atoms with Crippen LogP contribution in [0.25, 0.3) is 22.0 Å². The predicted octanol–water partition coefficient (Wildman–Crippen LogP) is 6.25. The summed E-state index contributed by atoms with van der Waals surface area (Å²) in [5.41, 5.74) is 3.51. The molecule has 8 nitrogen and oxygen atoms in total. The molecule has 1 aliphatic heterocycles. The predicted molar refractivity (Wildman–Crippen MR) is 148 cm³/mol. The van der Waals surface area contributed by atoms with Crippen molar-refractivity contribution in [2.75, 3.05) is 13.2 Å². The van der Waals surface area contributed by atoms with Gasteiger partial charge in [0, 0.05) is 24.4 Å². The van der Waals surface area contributed by atoms with Gasteiger partial charge in [-0.15, -0.1) is 0 Å². The number of carbonyl (C=O) groups excluding carboxylic acids is 1. The van der Waals surface area contributed by atoms with Gasteiger partial charge in [-0.1, -0.05) is 23.7 Å². The lowest BCUT2D eigenvalue weighted by Gasteiger charge is -2.41. The summed E-state index contributed by atoms with van der Waals surface area (Å²) in [6, 6.07) is 6.67. The maximum Gasteiger partial charge on any atom is 0.410 e. The number of hydrogen-bond acceptors (Lipinski definition) is 5. The molecule has 0 spiro atoms. The molecule has 0 unspecified atom stereocenters. The summed E-state index contributed by atoms with van der Waals surface area (Å²) in [6.07, 6.45) is 0.987. The Morgan fingerprint density at radius 2 is 1.84 bits per heavy atom. The fourth-order valence-electron chi connectivity index (χ4n) is 4.64. The molecule has 3 aromatic rings. The van der Waals surface area contributed by atoms with Crippen molar-refractivity contribution in [3.8, 4) is 16.9 Å². The summed E-state index contributed by atoms with van der Waals surface area (Å²) >= 11 is 6.19. The number of carboxylic acids is 1. The van der Waals surface area contributed by atoms with Gasteiger partial charge in [0.2, 0.25) is 0 Å². The van der Waals surface area contributed by atoms with Crippen LogP contribution in [-0.4, -0.2) is 51.8 Å². The molecule has 1 aromatic heterocycles. The maximum absolute atomic E-state index is 13.4. The number of ether oxygens (including phenoxy) is 2. The highest BCUT2D eigenvalue weighted by molar-refractivity contribution is 6.34. The number of hydrogen-bond donors (Lipinski definition) is 2. The summed E-state index contributed by atoms with van der Waals surface area (Å²) in [4.78, 5) is 42.2. The zero-order valence-corrected chi connectivity index (χ0v) is 23.3. The highest BCUT2D eigenvalue weighted by Crippen LogP contribution is 2.37. The highest BCUT2D eigenvalue weighted by atomic mass is 35.5. The molecule has 9 heteroatoms. The second kappa shape index (κ2) is 10.3. The van der Waals surface area contributed by atoms with Gasteiger partial charge < -0.3 is 24.5 Å². The van der Waals surface area contributed by atoms with Crippen LogP contribution in [0.3, 0.4) is 0 Å². The van der Waals surface area contributed by atoms with E-state index >= 15 is 0 Å². The van der Waals surface area contributed by atoms with E-state index in [1.807, 2.05) is 53.7 Å². The molecule has 38 heavy (non-hydrogen) atoms. The molecule has 0 saturated carbocycles. The van der Waals surface area contributed by atoms with Gasteiger partial charge in [-0.05, 0) is 82.3 Å². The number of fused-ring (bicyclic) bond motifs is 1. The van der Waals surface area contributed by atoms with Gasteiger partial charge in [-0.25, -0.2) is 9.59 Å². The number of nitrogens with zero attached hydrogens (tertiary/aromatic N) is 1. The van der Waals surface area contributed by atoms with Crippen molar-refractivity contribution in [3.05, 3.63) is 61.9 Å². The summed E-state index contributed by atoms with van der Waals surface area (Å²) < 4.78 is 11.8. The highest BCUT2D eigenvalue weighted by Gasteiger charge is 2.35. The van der Waals surface area contributed by atoms with Crippen molar-refractivity contribution in [1.29, 1.82) is 0 Å². The fraction of sp³-hybridized carbons (Fsp3) is 0.414. The summed E-state index contributed by atoms with van der Waals surface area (Å²) in [5, 5.41) is 10.1. The number of aromatic amines is 1. The molecule has 202 valence electrons. The molecule has 2 aromatic carbocycles. The van der Waals surface area contributed by atoms with Gasteiger partial charge in [0.1, 0.15) is 11.4 Å². The minimum Gasteiger partial charge on any atom is -0.492 e. The van der Waals surface area contributed by atoms with Crippen LogP contribution in [0.1, 0.15) is 60.7 Å². The minimum absolute atomic E-state index is 0.0174. The number of aryl methyl sites for hydroxylation is 2. The number of benzene rings is 2. The first-order valence-electron chi connectivity index (χ1n) is 12.6. The van der Waals surface area contributed by atoms with Crippen molar-refractivity contribution in [2.24, 2.45) is 0 Å². The first-order chi connectivity index (χ1) is 17.8. The first-order valence-corrected chi connectivity index (χ1v) is 13.0. The molecule has 2 heterocycles. The van der Waals surface area contributed by atoms with E-state index in [0.717, 1.165) is 23.1 Å². The standard InChI is InChI=1S/C29H33ClN2O6/c1-15-11-18(12-16(2)17(15)3)24-25(21-13-20(27(34)35)22(30)14-23(21)31-26(24)33)37-10-8-19-7-9-32(19)28(36)38-29(4,5)6/h11-14,19H,7-10H2,1-6H3,(H,31,33)(H,34,35)/t19-/m0/s1/i27+2. The lowest BCUT2D eigenvalue weighted by Crippen LogP contribution is -2.53. The molecule has 1 atom stereocenters. The number of H-pyrrole nitrogens is 1. The molecule has 1 saturated heterocycles. The topological polar surface area (TPSA) is 109 Å². The third-order valence-corrected chi connectivity index (χ3v) is 7.28. The van der Waals surface area contributed by atoms with Crippen molar-refractivity contribution in [1.82, 2.24) is 9.88 Å². The average Bonchev–Trinajstić information content (AvgIpc) is 2.77. The number of aromatic nitrogens is 1. The number of carboxylic acid groups (broad SMARTS) is 1. The molecule has 0 radical (unpaired) electrons. The number of rotatable bonds is 6. The second-order valence-electron chi connectivity index (χ2n) is 10.8. The van der Waals surface area contributed by atoms with Crippen LogP contribution in [0.15, 0.2) is 29.1 Å². The summed E-state index contributed by atoms with van der Waals surface area (Å²) in [5.74, 6) is -0.895. The maximum atomic E-state index is 13.4. The molecule has 1 amide bonds. The van der Waals surface area contributed by atoms with E-state index in [-0.39, 0.29) is 40.6 Å². The SMILES string of the molecule is Cc1cc(-c2c(OCC[C@@H]3CCN3C(=O)OC(C)(C)C)c3cc([14C](=O)O)c(Cl)cc3[nH]c2=O)cc(C)c1C. The molecule has 0 bridgehead atoms. The van der Waals surface area contributed by atoms with Crippen LogP contribution < -0.4 is 10.3 Å². The van der Waals surface area contributed by atoms with Gasteiger partial charge in [0.15, 0.2) is 0 Å². The molecule has 0 aliphatic carbocycles. The van der Waals surface area contributed by atoms with E-state index in [4.69, 9.17) is 21.1 Å². The van der Waals surface area contributed by atoms with Crippen molar-refractivity contribution in [2.45, 2.75) is 66.0 Å². The van der Waals surface area contributed by atoms with Crippen molar-refractivity contribution in [3.63, 3.8) is 0 Å². The van der Waals surface area contributed by atoms with Crippen LogP contribution in [0.2, 0.25) is 5.02 Å². The Morgan fingerprint density at radius 1 is 1.18 bits per heavy atom. The number of pyridine rings is 1. The fourth-order valence-corrected chi connectivity index (χ4v) is 4.89. The Morgan fingerprint density at radius 3 is 2.39 bits per heavy atom. The van der Waals surface area contributed by atoms with Crippen LogP contribution in [0.4, 0.5) is 4.79 Å². The van der Waals surface area contributed by atoms with Gasteiger partial charge in [-0.3, -0.25) is 4.79 Å². The number of aromatic carboxylic acids is 1. The summed E-state index contributed by atoms with van der Waals surface area (Å²) in [7, 11) is 0. The van der Waals surface area contributed by atoms with Gasteiger partial charge >= 0.3 is 12.1 Å². The zero-order valence-electron chi connectivity index (χ0n) is 22.5. The Bertz CT molecular complexity index is 1460. The largest absolute Gasteiger partial charge is 0.492 e. The Balaban J connectivity index is 1.73. The molecular weight excluding hydrogens is 510 g/mol. The number of carbonyl (C=O) groups is 2. The van der Waals surface area contributed by atoms with Crippen LogP contribution >= 0.6 is 11.6 Å². The number of nitrogens with one attached hydrogen (secondary N) is 1. The smallest absolute Gasteiger partial charge is 0.410 e. The second-order valence-corrected chi connectivity index (χ2v) is 11.2. The lowest BCUT2D eigenvalue weighted by atomic mass is 9.95. The first kappa shape index (κ1) is 27.5. The van der Waals surface area contributed by atoms with Gasteiger partial charge in [0.25, 0.3) is 5.56 Å². The van der Waals surface area contributed by atoms with E-state index in [0.29, 0.717) is 35.0 Å². The molecule has 1 fully saturated rings. The van der Waals surface area contributed by atoms with E-state index in [1.54, 1.807) is 4.90 Å². The minimum atomic E-state index is -1.18. The van der Waals surface area contributed by atoms with E-state index < -0.39 is 11.6 Å². The van der Waals surface area contributed by atoms with Crippen LogP contribution in [0.5, 0.6) is 5.75 Å². The van der Waals surface area contributed by atoms with Crippen molar-refractivity contribution >= 4 is 34.6 Å². The third-order valence-electron chi connectivity index (χ3n) is 6.97. The molecule has 2 N–H and O–H groups in total. The molecule has 1 aliphatic rings. The zero-order chi connectivity index (χ0) is 27.9. The number of halogens is 1. The van der Waals surface area contributed by atoms with E-state index in [9.17, 15) is 19.5 Å². The Kier molecular flexibility index (Phi) is 7.48. The normalized spacial score (nSPS) is 15.3. The van der Waals surface area contributed by atoms with E-state index in [2.05, 4.69) is 4.98 Å². The van der Waals surface area contributed by atoms with Crippen molar-refractivity contribution < 1.29 is 24.2 Å². The molecular formula is C29H33ClN2O6. The third kappa shape index (κ3) is 5.50. The number of likely N-dealkylation sites (tertiary alicyclic amines) is 1. The van der Waals surface area contributed by atoms with E-state index in [1.165, 1.54) is 12.1 Å².